The molecule has 0 bridgehead atoms. The van der Waals surface area contributed by atoms with Crippen molar-refractivity contribution in [1.82, 2.24) is 34.1 Å². The number of benzene rings is 1. The summed E-state index contributed by atoms with van der Waals surface area (Å²) in [4.78, 5) is 41.0. The highest BCUT2D eigenvalue weighted by molar-refractivity contribution is 5.93. The fourth-order valence-corrected chi connectivity index (χ4v) is 4.30. The number of rotatable bonds is 5. The fourth-order valence-electron chi connectivity index (χ4n) is 4.30. The van der Waals surface area contributed by atoms with Gasteiger partial charge in [0.1, 0.15) is 30.5 Å². The minimum Gasteiger partial charge on any atom is -0.356 e. The van der Waals surface area contributed by atoms with Gasteiger partial charge in [-0.05, 0) is 31.9 Å². The third kappa shape index (κ3) is 3.96. The molecule has 1 aliphatic rings. The number of nitrogens with one attached hydrogen (secondary N) is 1. The Bertz CT molecular complexity index is 1360. The normalized spacial score (nSPS) is 15.9. The lowest BCUT2D eigenvalue weighted by molar-refractivity contribution is -0.120. The van der Waals surface area contributed by atoms with Crippen LogP contribution in [0.2, 0.25) is 0 Å². The summed E-state index contributed by atoms with van der Waals surface area (Å²) in [5.74, 6) is 0.889. The second-order valence-corrected chi connectivity index (χ2v) is 8.29. The van der Waals surface area contributed by atoms with Crippen molar-refractivity contribution in [2.45, 2.75) is 19.8 Å². The molecule has 0 saturated carbocycles. The third-order valence-corrected chi connectivity index (χ3v) is 6.21. The minimum atomic E-state index is -0.275. The van der Waals surface area contributed by atoms with Crippen molar-refractivity contribution in [2.24, 2.45) is 13.0 Å². The second-order valence-electron chi connectivity index (χ2n) is 8.29. The highest BCUT2D eigenvalue weighted by Gasteiger charge is 2.29. The van der Waals surface area contributed by atoms with Crippen molar-refractivity contribution in [3.63, 3.8) is 0 Å². The molecule has 1 amide bonds. The second kappa shape index (κ2) is 8.93. The zero-order chi connectivity index (χ0) is 23.7. The van der Waals surface area contributed by atoms with Gasteiger partial charge in [-0.3, -0.25) is 14.3 Å². The molecule has 1 N–H and O–H groups in total. The summed E-state index contributed by atoms with van der Waals surface area (Å²) in [7, 11) is 1.81. The van der Waals surface area contributed by atoms with Crippen LogP contribution in [0.4, 0.5) is 11.5 Å². The zero-order valence-corrected chi connectivity index (χ0v) is 19.0. The summed E-state index contributed by atoms with van der Waals surface area (Å²) in [5.41, 5.74) is 1.50. The Morgan fingerprint density at radius 1 is 1.12 bits per heavy atom. The van der Waals surface area contributed by atoms with Crippen molar-refractivity contribution in [1.29, 1.82) is 0 Å². The molecule has 1 saturated heterocycles. The molecule has 3 aromatic heterocycles. The first-order valence-electron chi connectivity index (χ1n) is 11.1. The zero-order valence-electron chi connectivity index (χ0n) is 19.0. The van der Waals surface area contributed by atoms with Crippen LogP contribution in [0.3, 0.4) is 0 Å². The van der Waals surface area contributed by atoms with Crippen LogP contribution in [0, 0.1) is 12.8 Å². The van der Waals surface area contributed by atoms with Crippen molar-refractivity contribution >= 4 is 17.4 Å². The molecular weight excluding hydrogens is 434 g/mol. The van der Waals surface area contributed by atoms with E-state index in [1.807, 2.05) is 50.4 Å². The predicted molar refractivity (Wildman–Crippen MR) is 126 cm³/mol. The van der Waals surface area contributed by atoms with Crippen LogP contribution in [0.15, 0.2) is 60.2 Å². The highest BCUT2D eigenvalue weighted by atomic mass is 16.2. The number of para-hydroxylation sites is 1. The van der Waals surface area contributed by atoms with Crippen molar-refractivity contribution in [3.05, 3.63) is 71.4 Å². The molecule has 5 rings (SSSR count). The molecule has 1 aliphatic heterocycles. The molecule has 174 valence electrons. The van der Waals surface area contributed by atoms with Crippen LogP contribution in [-0.2, 0) is 11.8 Å². The number of nitrogens with zero attached hydrogens (tertiary/aromatic N) is 8. The number of carbonyl (C=O) groups excluding carboxylic acids is 1. The van der Waals surface area contributed by atoms with E-state index in [0.717, 1.165) is 30.9 Å². The molecule has 1 unspecified atom stereocenters. The molecule has 0 aliphatic carbocycles. The molecule has 4 aromatic rings. The maximum atomic E-state index is 13.2. The van der Waals surface area contributed by atoms with E-state index in [-0.39, 0.29) is 17.4 Å². The Morgan fingerprint density at radius 2 is 1.91 bits per heavy atom. The molecule has 11 nitrogen and oxygen atoms in total. The van der Waals surface area contributed by atoms with Gasteiger partial charge in [0.25, 0.3) is 5.56 Å². The molecule has 0 spiro atoms. The molecular formula is C23H25N9O2. The van der Waals surface area contributed by atoms with E-state index in [4.69, 9.17) is 0 Å². The van der Waals surface area contributed by atoms with E-state index in [1.165, 1.54) is 12.7 Å². The van der Waals surface area contributed by atoms with E-state index >= 15 is 0 Å². The molecule has 0 radical (unpaired) electrons. The number of hydrogen-bond acceptors (Lipinski definition) is 7. The topological polar surface area (TPSA) is 116 Å². The van der Waals surface area contributed by atoms with Crippen molar-refractivity contribution in [2.75, 3.05) is 23.3 Å². The largest absolute Gasteiger partial charge is 0.356 e. The van der Waals surface area contributed by atoms with E-state index in [0.29, 0.717) is 23.7 Å². The maximum absolute atomic E-state index is 13.2. The molecule has 1 atom stereocenters. The number of amides is 1. The number of carbonyl (C=O) groups is 1. The van der Waals surface area contributed by atoms with Crippen LogP contribution in [0.25, 0.3) is 11.5 Å². The summed E-state index contributed by atoms with van der Waals surface area (Å²) in [6.45, 7) is 3.11. The van der Waals surface area contributed by atoms with Crippen LogP contribution in [0.5, 0.6) is 0 Å². The molecule has 4 heterocycles. The highest BCUT2D eigenvalue weighted by Crippen LogP contribution is 2.24. The summed E-state index contributed by atoms with van der Waals surface area (Å²) < 4.78 is 4.88. The van der Waals surface area contributed by atoms with Gasteiger partial charge in [0, 0.05) is 26.2 Å². The van der Waals surface area contributed by atoms with E-state index < -0.39 is 0 Å². The van der Waals surface area contributed by atoms with E-state index in [9.17, 15) is 9.59 Å². The van der Waals surface area contributed by atoms with Gasteiger partial charge >= 0.3 is 0 Å². The van der Waals surface area contributed by atoms with Crippen LogP contribution in [-0.4, -0.2) is 53.1 Å². The van der Waals surface area contributed by atoms with Crippen LogP contribution >= 0.6 is 0 Å². The molecule has 11 heteroatoms. The van der Waals surface area contributed by atoms with Crippen LogP contribution in [0.1, 0.15) is 18.5 Å². The Morgan fingerprint density at radius 3 is 2.68 bits per heavy atom. The average molecular weight is 460 g/mol. The van der Waals surface area contributed by atoms with E-state index in [2.05, 4.69) is 30.3 Å². The van der Waals surface area contributed by atoms with Gasteiger partial charge in [-0.1, -0.05) is 18.2 Å². The molecule has 1 fully saturated rings. The summed E-state index contributed by atoms with van der Waals surface area (Å²) in [5, 5.41) is 7.02. The Kier molecular flexibility index (Phi) is 5.66. The predicted octanol–water partition coefficient (Wildman–Crippen LogP) is 1.71. The quantitative estimate of drug-likeness (QED) is 0.483. The molecule has 34 heavy (non-hydrogen) atoms. The first kappa shape index (κ1) is 21.6. The lowest BCUT2D eigenvalue weighted by Crippen LogP contribution is -2.41. The number of piperidine rings is 1. The summed E-state index contributed by atoms with van der Waals surface area (Å²) in [6, 6.07) is 11.2. The Hall–Kier alpha value is -4.28. The smallest absolute Gasteiger partial charge is 0.295 e. The van der Waals surface area contributed by atoms with Gasteiger partial charge in [-0.2, -0.15) is 5.10 Å². The maximum Gasteiger partial charge on any atom is 0.295 e. The molecule has 1 aromatic carbocycles. The number of hydrogen-bond donors (Lipinski definition) is 1. The standard InChI is InChI=1S/C23H25N9O2/c1-16-21(23(34)32(29(16)2)18-8-4-3-5-9-18)28-22(33)17-7-6-10-30(12-17)19-11-20(26-14-25-19)31-15-24-13-27-31/h3-5,8-9,11,13-15,17H,6-7,10,12H2,1-2H3,(H,28,33). The number of aromatic nitrogens is 7. The van der Waals surface area contributed by atoms with Gasteiger partial charge in [-0.25, -0.2) is 24.3 Å². The minimum absolute atomic E-state index is 0.165. The van der Waals surface area contributed by atoms with Crippen molar-refractivity contribution < 1.29 is 4.79 Å². The van der Waals surface area contributed by atoms with Gasteiger partial charge in [0.15, 0.2) is 5.82 Å². The average Bonchev–Trinajstić information content (AvgIpc) is 3.49. The van der Waals surface area contributed by atoms with Gasteiger partial charge < -0.3 is 10.2 Å². The Balaban J connectivity index is 1.35. The summed E-state index contributed by atoms with van der Waals surface area (Å²) >= 11 is 0. The lowest BCUT2D eigenvalue weighted by atomic mass is 9.97. The van der Waals surface area contributed by atoms with Crippen molar-refractivity contribution in [3.8, 4) is 11.5 Å². The first-order chi connectivity index (χ1) is 16.5. The van der Waals surface area contributed by atoms with Gasteiger partial charge in [0.2, 0.25) is 5.91 Å². The fraction of sp³-hybridized carbons (Fsp3) is 0.304. The van der Waals surface area contributed by atoms with E-state index in [1.54, 1.807) is 20.4 Å². The SMILES string of the molecule is Cc1c(NC(=O)C2CCCN(c3cc(-n4cncn4)ncn3)C2)c(=O)n(-c2ccccc2)n1C. The first-order valence-corrected chi connectivity index (χ1v) is 11.1. The third-order valence-electron chi connectivity index (χ3n) is 6.21. The van der Waals surface area contributed by atoms with Gasteiger partial charge in [-0.15, -0.1) is 0 Å². The van der Waals surface area contributed by atoms with Gasteiger partial charge in [0.05, 0.1) is 17.3 Å². The lowest BCUT2D eigenvalue weighted by Gasteiger charge is -2.32. The number of anilines is 2. The van der Waals surface area contributed by atoms with Crippen LogP contribution < -0.4 is 15.8 Å². The Labute approximate surface area is 195 Å². The monoisotopic (exact) mass is 459 g/mol. The summed E-state index contributed by atoms with van der Waals surface area (Å²) in [6.07, 6.45) is 6.07.